The molecule has 0 radical (unpaired) electrons. The van der Waals surface area contributed by atoms with Crippen molar-refractivity contribution in [3.05, 3.63) is 11.5 Å². The van der Waals surface area contributed by atoms with Crippen molar-refractivity contribution in [1.29, 1.82) is 0 Å². The largest absolute Gasteiger partial charge is 0.348 e. The van der Waals surface area contributed by atoms with E-state index in [-0.39, 0.29) is 0 Å². The zero-order chi connectivity index (χ0) is 12.9. The van der Waals surface area contributed by atoms with E-state index in [0.717, 1.165) is 47.9 Å². The molecule has 0 saturated carbocycles. The van der Waals surface area contributed by atoms with Gasteiger partial charge >= 0.3 is 0 Å². The fourth-order valence-corrected chi connectivity index (χ4v) is 2.38. The third-order valence-electron chi connectivity index (χ3n) is 3.53. The number of fused-ring (bicyclic) bond motifs is 1. The molecule has 5 heteroatoms. The van der Waals surface area contributed by atoms with Crippen LogP contribution in [0.2, 0.25) is 0 Å². The Morgan fingerprint density at radius 1 is 1.28 bits per heavy atom. The van der Waals surface area contributed by atoms with E-state index in [1.165, 1.54) is 0 Å². The summed E-state index contributed by atoms with van der Waals surface area (Å²) in [4.78, 5) is 11.7. The van der Waals surface area contributed by atoms with Gasteiger partial charge in [-0.1, -0.05) is 6.92 Å². The minimum absolute atomic E-state index is 0.591. The number of anilines is 1. The first-order valence-corrected chi connectivity index (χ1v) is 6.66. The van der Waals surface area contributed by atoms with Crippen LogP contribution in [-0.4, -0.2) is 32.3 Å². The van der Waals surface area contributed by atoms with Gasteiger partial charge in [0.2, 0.25) is 0 Å². The average molecular weight is 245 g/mol. The molecule has 0 aromatic carbocycles. The highest BCUT2D eigenvalue weighted by Crippen LogP contribution is 2.33. The van der Waals surface area contributed by atoms with Crippen molar-refractivity contribution in [2.45, 2.75) is 46.7 Å². The zero-order valence-electron chi connectivity index (χ0n) is 11.4. The second-order valence-corrected chi connectivity index (χ2v) is 4.92. The van der Waals surface area contributed by atoms with Crippen LogP contribution >= 0.6 is 0 Å². The van der Waals surface area contributed by atoms with Crippen molar-refractivity contribution in [3.8, 4) is 0 Å². The van der Waals surface area contributed by atoms with Crippen LogP contribution in [0.25, 0.3) is 11.0 Å². The van der Waals surface area contributed by atoms with E-state index in [0.29, 0.717) is 6.04 Å². The Bertz CT molecular complexity index is 601. The molecular weight excluding hydrogens is 226 g/mol. The van der Waals surface area contributed by atoms with Gasteiger partial charge < -0.3 is 4.90 Å². The van der Waals surface area contributed by atoms with Crippen LogP contribution in [0.5, 0.6) is 0 Å². The quantitative estimate of drug-likeness (QED) is 0.775. The lowest BCUT2D eigenvalue weighted by atomic mass is 10.3. The van der Waals surface area contributed by atoms with Gasteiger partial charge in [0.05, 0.1) is 5.69 Å². The Balaban J connectivity index is 2.29. The molecule has 2 aromatic rings. The predicted octanol–water partition coefficient (Wildman–Crippen LogP) is 1.93. The van der Waals surface area contributed by atoms with Crippen LogP contribution < -0.4 is 4.90 Å². The van der Waals surface area contributed by atoms with Crippen LogP contribution in [0.15, 0.2) is 0 Å². The number of hydrogen-bond acceptors (Lipinski definition) is 4. The molecule has 3 rings (SSSR count). The fraction of sp³-hybridized carbons (Fsp3) is 0.615. The van der Waals surface area contributed by atoms with Crippen molar-refractivity contribution in [2.75, 3.05) is 11.4 Å². The first-order chi connectivity index (χ1) is 8.65. The minimum Gasteiger partial charge on any atom is -0.348 e. The van der Waals surface area contributed by atoms with Gasteiger partial charge in [-0.25, -0.2) is 9.97 Å². The standard InChI is InChI=1S/C13H19N5/c1-5-10-14-11-9(4)16-18(6-2)12(11)13(15-10)17-7-8(17)3/h8H,5-7H2,1-4H3. The number of hydrogen-bond donors (Lipinski definition) is 0. The molecule has 1 unspecified atom stereocenters. The molecule has 1 fully saturated rings. The highest BCUT2D eigenvalue weighted by molar-refractivity contribution is 5.89. The summed E-state index contributed by atoms with van der Waals surface area (Å²) in [5.74, 6) is 1.97. The van der Waals surface area contributed by atoms with Gasteiger partial charge in [0.25, 0.3) is 0 Å². The second kappa shape index (κ2) is 3.93. The number of aromatic nitrogens is 4. The van der Waals surface area contributed by atoms with Crippen LogP contribution in [0.1, 0.15) is 32.3 Å². The summed E-state index contributed by atoms with van der Waals surface area (Å²) in [5, 5.41) is 4.57. The third-order valence-corrected chi connectivity index (χ3v) is 3.53. The molecule has 1 atom stereocenters. The first kappa shape index (κ1) is 11.4. The molecule has 0 amide bonds. The van der Waals surface area contributed by atoms with E-state index in [1.807, 2.05) is 11.6 Å². The lowest BCUT2D eigenvalue weighted by molar-refractivity contribution is 0.675. The SMILES string of the molecule is CCc1nc(N2CC2C)c2c(n1)c(C)nn2CC. The van der Waals surface area contributed by atoms with Crippen molar-refractivity contribution in [1.82, 2.24) is 19.7 Å². The van der Waals surface area contributed by atoms with E-state index >= 15 is 0 Å². The maximum atomic E-state index is 4.71. The minimum atomic E-state index is 0.591. The summed E-state index contributed by atoms with van der Waals surface area (Å²) >= 11 is 0. The molecule has 0 aliphatic carbocycles. The van der Waals surface area contributed by atoms with Crippen LogP contribution in [0, 0.1) is 6.92 Å². The Morgan fingerprint density at radius 2 is 2.00 bits per heavy atom. The van der Waals surface area contributed by atoms with Gasteiger partial charge in [-0.3, -0.25) is 4.68 Å². The molecule has 0 N–H and O–H groups in total. The summed E-state index contributed by atoms with van der Waals surface area (Å²) in [7, 11) is 0. The molecule has 2 aromatic heterocycles. The summed E-state index contributed by atoms with van der Waals surface area (Å²) in [6.07, 6.45) is 0.863. The average Bonchev–Trinajstić information content (AvgIpc) is 3.02. The van der Waals surface area contributed by atoms with Gasteiger partial charge in [-0.05, 0) is 20.8 Å². The highest BCUT2D eigenvalue weighted by atomic mass is 15.4. The molecule has 18 heavy (non-hydrogen) atoms. The maximum Gasteiger partial charge on any atom is 0.159 e. The Morgan fingerprint density at radius 3 is 2.56 bits per heavy atom. The van der Waals surface area contributed by atoms with Crippen LogP contribution in [0.4, 0.5) is 5.82 Å². The van der Waals surface area contributed by atoms with Gasteiger partial charge in [0.15, 0.2) is 5.82 Å². The van der Waals surface area contributed by atoms with E-state index in [9.17, 15) is 0 Å². The lowest BCUT2D eigenvalue weighted by Gasteiger charge is -2.09. The number of nitrogens with zero attached hydrogens (tertiary/aromatic N) is 5. The summed E-state index contributed by atoms with van der Waals surface area (Å²) in [6.45, 7) is 10.4. The maximum absolute atomic E-state index is 4.71. The highest BCUT2D eigenvalue weighted by Gasteiger charge is 2.33. The molecule has 96 valence electrons. The summed E-state index contributed by atoms with van der Waals surface area (Å²) < 4.78 is 2.02. The van der Waals surface area contributed by atoms with E-state index in [2.05, 4.69) is 35.8 Å². The van der Waals surface area contributed by atoms with Gasteiger partial charge in [0.1, 0.15) is 16.9 Å². The molecule has 1 aliphatic heterocycles. The van der Waals surface area contributed by atoms with E-state index < -0.39 is 0 Å². The van der Waals surface area contributed by atoms with Crippen molar-refractivity contribution < 1.29 is 0 Å². The monoisotopic (exact) mass is 245 g/mol. The third kappa shape index (κ3) is 1.57. The van der Waals surface area contributed by atoms with Crippen LogP contribution in [0.3, 0.4) is 0 Å². The summed E-state index contributed by atoms with van der Waals surface area (Å²) in [5.41, 5.74) is 3.11. The Hall–Kier alpha value is -1.65. The fourth-order valence-electron chi connectivity index (χ4n) is 2.38. The Kier molecular flexibility index (Phi) is 2.50. The molecule has 1 aliphatic rings. The number of aryl methyl sites for hydroxylation is 3. The predicted molar refractivity (Wildman–Crippen MR) is 71.9 cm³/mol. The van der Waals surface area contributed by atoms with Gasteiger partial charge in [0, 0.05) is 25.6 Å². The molecular formula is C13H19N5. The molecule has 5 nitrogen and oxygen atoms in total. The number of rotatable bonds is 3. The van der Waals surface area contributed by atoms with E-state index in [1.54, 1.807) is 0 Å². The van der Waals surface area contributed by atoms with Crippen molar-refractivity contribution in [2.24, 2.45) is 0 Å². The first-order valence-electron chi connectivity index (χ1n) is 6.66. The molecule has 3 heterocycles. The van der Waals surface area contributed by atoms with Gasteiger partial charge in [-0.15, -0.1) is 0 Å². The lowest BCUT2D eigenvalue weighted by Crippen LogP contribution is -2.07. The molecule has 1 saturated heterocycles. The van der Waals surface area contributed by atoms with Crippen LogP contribution in [-0.2, 0) is 13.0 Å². The van der Waals surface area contributed by atoms with Crippen molar-refractivity contribution >= 4 is 16.9 Å². The smallest absolute Gasteiger partial charge is 0.159 e. The normalized spacial score (nSPS) is 18.7. The van der Waals surface area contributed by atoms with Gasteiger partial charge in [-0.2, -0.15) is 5.10 Å². The zero-order valence-corrected chi connectivity index (χ0v) is 11.4. The van der Waals surface area contributed by atoms with Crippen molar-refractivity contribution in [3.63, 3.8) is 0 Å². The second-order valence-electron chi connectivity index (χ2n) is 4.92. The molecule has 0 spiro atoms. The Labute approximate surface area is 107 Å². The topological polar surface area (TPSA) is 46.6 Å². The van der Waals surface area contributed by atoms with E-state index in [4.69, 9.17) is 4.98 Å². The summed E-state index contributed by atoms with van der Waals surface area (Å²) in [6, 6.07) is 0.591. The molecule has 0 bridgehead atoms.